The van der Waals surface area contributed by atoms with Crippen molar-refractivity contribution in [1.29, 1.82) is 0 Å². The number of carbonyl (C=O) groups is 2. The fourth-order valence-corrected chi connectivity index (χ4v) is 5.60. The number of amides is 2. The topological polar surface area (TPSA) is 77.6 Å². The predicted octanol–water partition coefficient (Wildman–Crippen LogP) is 5.02. The van der Waals surface area contributed by atoms with Crippen molar-refractivity contribution in [3.8, 4) is 0 Å². The second kappa shape index (κ2) is 13.0. The molecule has 3 heterocycles. The molecule has 1 aromatic heterocycles. The van der Waals surface area contributed by atoms with Crippen molar-refractivity contribution in [2.24, 2.45) is 0 Å². The molecule has 2 aromatic rings. The molecule has 1 unspecified atom stereocenters. The van der Waals surface area contributed by atoms with Crippen LogP contribution in [0.2, 0.25) is 0 Å². The number of aryl methyl sites for hydroxylation is 1. The lowest BCUT2D eigenvalue weighted by Crippen LogP contribution is -2.40. The van der Waals surface area contributed by atoms with Gasteiger partial charge >= 0.3 is 0 Å². The summed E-state index contributed by atoms with van der Waals surface area (Å²) in [6.45, 7) is 9.38. The first-order valence-corrected chi connectivity index (χ1v) is 14.0. The summed E-state index contributed by atoms with van der Waals surface area (Å²) >= 11 is 0. The van der Waals surface area contributed by atoms with E-state index < -0.39 is 0 Å². The van der Waals surface area contributed by atoms with Gasteiger partial charge in [0, 0.05) is 56.1 Å². The molecule has 0 saturated carbocycles. The van der Waals surface area contributed by atoms with Crippen molar-refractivity contribution in [2.75, 3.05) is 42.9 Å². The minimum Gasteiger partial charge on any atom is -0.357 e. The number of hydrogen-bond acceptors (Lipinski definition) is 5. The maximum absolute atomic E-state index is 12.5. The zero-order valence-corrected chi connectivity index (χ0v) is 22.2. The largest absolute Gasteiger partial charge is 0.357 e. The van der Waals surface area contributed by atoms with E-state index in [0.29, 0.717) is 12.6 Å². The average molecular weight is 494 g/mol. The quantitative estimate of drug-likeness (QED) is 0.454. The molecule has 7 nitrogen and oxygen atoms in total. The number of piperidine rings is 2. The highest BCUT2D eigenvalue weighted by molar-refractivity contribution is 5.96. The van der Waals surface area contributed by atoms with Gasteiger partial charge in [0.05, 0.1) is 5.52 Å². The molecule has 0 spiro atoms. The number of benzene rings is 1. The molecular weight excluding hydrogens is 450 g/mol. The lowest BCUT2D eigenvalue weighted by Gasteiger charge is -2.35. The SMILES string of the molecule is CCC1CCCCN1CCCNC(=O)CCC(=O)Nc1ccc2nc(N3CCCCC3)cc(C)c2c1. The highest BCUT2D eigenvalue weighted by Crippen LogP contribution is 2.27. The number of fused-ring (bicyclic) bond motifs is 1. The Kier molecular flexibility index (Phi) is 9.56. The van der Waals surface area contributed by atoms with Crippen molar-refractivity contribution in [3.63, 3.8) is 0 Å². The smallest absolute Gasteiger partial charge is 0.224 e. The van der Waals surface area contributed by atoms with Gasteiger partial charge in [-0.25, -0.2) is 4.98 Å². The first-order chi connectivity index (χ1) is 17.5. The van der Waals surface area contributed by atoms with Gasteiger partial charge in [-0.2, -0.15) is 0 Å². The second-order valence-corrected chi connectivity index (χ2v) is 10.4. The molecule has 2 aliphatic rings. The number of anilines is 2. The Labute approximate surface area is 216 Å². The Morgan fingerprint density at radius 1 is 1.00 bits per heavy atom. The third-order valence-corrected chi connectivity index (χ3v) is 7.71. The fraction of sp³-hybridized carbons (Fsp3) is 0.621. The Balaban J connectivity index is 1.20. The van der Waals surface area contributed by atoms with Crippen LogP contribution in [-0.2, 0) is 9.59 Å². The second-order valence-electron chi connectivity index (χ2n) is 10.4. The monoisotopic (exact) mass is 493 g/mol. The van der Waals surface area contributed by atoms with Crippen molar-refractivity contribution in [2.45, 2.75) is 84.1 Å². The molecule has 2 fully saturated rings. The molecule has 0 radical (unpaired) electrons. The Morgan fingerprint density at radius 2 is 1.78 bits per heavy atom. The van der Waals surface area contributed by atoms with E-state index in [-0.39, 0.29) is 24.7 Å². The van der Waals surface area contributed by atoms with E-state index in [2.05, 4.69) is 40.3 Å². The van der Waals surface area contributed by atoms with Crippen molar-refractivity contribution >= 4 is 34.2 Å². The highest BCUT2D eigenvalue weighted by atomic mass is 16.2. The van der Waals surface area contributed by atoms with Gasteiger partial charge in [-0.05, 0) is 88.2 Å². The molecule has 4 rings (SSSR count). The molecule has 0 aliphatic carbocycles. The number of pyridine rings is 1. The summed E-state index contributed by atoms with van der Waals surface area (Å²) in [5.41, 5.74) is 2.85. The minimum atomic E-state index is -0.140. The zero-order chi connectivity index (χ0) is 25.3. The molecule has 1 aromatic carbocycles. The van der Waals surface area contributed by atoms with E-state index in [0.717, 1.165) is 54.0 Å². The summed E-state index contributed by atoms with van der Waals surface area (Å²) in [5, 5.41) is 6.98. The molecule has 0 bridgehead atoms. The van der Waals surface area contributed by atoms with Crippen LogP contribution in [0.3, 0.4) is 0 Å². The van der Waals surface area contributed by atoms with Gasteiger partial charge in [-0.1, -0.05) is 13.3 Å². The highest BCUT2D eigenvalue weighted by Gasteiger charge is 2.20. The molecular formula is C29H43N5O2. The summed E-state index contributed by atoms with van der Waals surface area (Å²) in [6.07, 6.45) is 10.2. The lowest BCUT2D eigenvalue weighted by atomic mass is 10.00. The van der Waals surface area contributed by atoms with E-state index in [1.54, 1.807) is 0 Å². The molecule has 2 N–H and O–H groups in total. The van der Waals surface area contributed by atoms with Gasteiger partial charge in [-0.3, -0.25) is 9.59 Å². The molecule has 1 atom stereocenters. The minimum absolute atomic E-state index is 0.0559. The fourth-order valence-electron chi connectivity index (χ4n) is 5.60. The summed E-state index contributed by atoms with van der Waals surface area (Å²) in [4.78, 5) is 34.5. The Hall–Kier alpha value is -2.67. The zero-order valence-electron chi connectivity index (χ0n) is 22.2. The van der Waals surface area contributed by atoms with Crippen LogP contribution in [0.25, 0.3) is 10.9 Å². The third kappa shape index (κ3) is 7.19. The number of rotatable bonds is 10. The van der Waals surface area contributed by atoms with Gasteiger partial charge < -0.3 is 20.4 Å². The van der Waals surface area contributed by atoms with E-state index in [1.807, 2.05) is 18.2 Å². The molecule has 196 valence electrons. The van der Waals surface area contributed by atoms with E-state index in [9.17, 15) is 9.59 Å². The number of nitrogens with zero attached hydrogens (tertiary/aromatic N) is 3. The number of hydrogen-bond donors (Lipinski definition) is 2. The number of carbonyl (C=O) groups excluding carboxylic acids is 2. The van der Waals surface area contributed by atoms with Gasteiger partial charge in [0.1, 0.15) is 5.82 Å². The van der Waals surface area contributed by atoms with Crippen LogP contribution in [0.15, 0.2) is 24.3 Å². The third-order valence-electron chi connectivity index (χ3n) is 7.71. The maximum Gasteiger partial charge on any atom is 0.224 e. The number of aromatic nitrogens is 1. The Bertz CT molecular complexity index is 1030. The van der Waals surface area contributed by atoms with Gasteiger partial charge in [-0.15, -0.1) is 0 Å². The van der Waals surface area contributed by atoms with Gasteiger partial charge in [0.15, 0.2) is 0 Å². The van der Waals surface area contributed by atoms with E-state index in [4.69, 9.17) is 4.98 Å². The van der Waals surface area contributed by atoms with E-state index >= 15 is 0 Å². The predicted molar refractivity (Wildman–Crippen MR) is 148 cm³/mol. The summed E-state index contributed by atoms with van der Waals surface area (Å²) in [5.74, 6) is 0.849. The van der Waals surface area contributed by atoms with Crippen LogP contribution in [0.4, 0.5) is 11.5 Å². The summed E-state index contributed by atoms with van der Waals surface area (Å²) in [6, 6.07) is 8.71. The first-order valence-electron chi connectivity index (χ1n) is 14.0. The maximum atomic E-state index is 12.5. The molecule has 2 saturated heterocycles. The van der Waals surface area contributed by atoms with E-state index in [1.165, 1.54) is 51.5 Å². The molecule has 2 aliphatic heterocycles. The van der Waals surface area contributed by atoms with Crippen LogP contribution in [0, 0.1) is 6.92 Å². The van der Waals surface area contributed by atoms with Crippen molar-refractivity contribution < 1.29 is 9.59 Å². The summed E-state index contributed by atoms with van der Waals surface area (Å²) in [7, 11) is 0. The van der Waals surface area contributed by atoms with Crippen LogP contribution in [-0.4, -0.2) is 60.5 Å². The normalized spacial score (nSPS) is 18.8. The standard InChI is InChI=1S/C29H43N5O2/c1-3-24-10-5-8-16-33(24)19-9-15-30-28(35)13-14-29(36)31-23-11-12-26-25(21-23)22(2)20-27(32-26)34-17-6-4-7-18-34/h11-12,20-21,24H,3-10,13-19H2,1-2H3,(H,30,35)(H,31,36). The number of nitrogens with one attached hydrogen (secondary N) is 2. The molecule has 2 amide bonds. The van der Waals surface area contributed by atoms with Gasteiger partial charge in [0.2, 0.25) is 11.8 Å². The van der Waals surface area contributed by atoms with Crippen LogP contribution < -0.4 is 15.5 Å². The summed E-state index contributed by atoms with van der Waals surface area (Å²) < 4.78 is 0. The van der Waals surface area contributed by atoms with Crippen LogP contribution in [0.5, 0.6) is 0 Å². The number of likely N-dealkylation sites (tertiary alicyclic amines) is 1. The van der Waals surface area contributed by atoms with Crippen LogP contribution >= 0.6 is 0 Å². The average Bonchev–Trinajstić information content (AvgIpc) is 2.91. The molecule has 7 heteroatoms. The van der Waals surface area contributed by atoms with Gasteiger partial charge in [0.25, 0.3) is 0 Å². The molecule has 36 heavy (non-hydrogen) atoms. The van der Waals surface area contributed by atoms with Crippen molar-refractivity contribution in [3.05, 3.63) is 29.8 Å². The lowest BCUT2D eigenvalue weighted by molar-refractivity contribution is -0.124. The van der Waals surface area contributed by atoms with Crippen molar-refractivity contribution in [1.82, 2.24) is 15.2 Å². The Morgan fingerprint density at radius 3 is 2.58 bits per heavy atom. The van der Waals surface area contributed by atoms with Crippen LogP contribution in [0.1, 0.15) is 76.7 Å². The first kappa shape index (κ1) is 26.4.